The molecule has 12 heavy (non-hydrogen) atoms. The van der Waals surface area contributed by atoms with Crippen molar-refractivity contribution in [2.75, 3.05) is 0 Å². The third kappa shape index (κ3) is 1.68. The molecule has 0 atom stereocenters. The first-order chi connectivity index (χ1) is 5.65. The van der Waals surface area contributed by atoms with Crippen molar-refractivity contribution in [2.24, 2.45) is 0 Å². The zero-order valence-electron chi connectivity index (χ0n) is 6.05. The maximum Gasteiger partial charge on any atom is 0.278 e. The van der Waals surface area contributed by atoms with Crippen LogP contribution in [0.1, 0.15) is 17.7 Å². The fraction of sp³-hybridized carbons (Fsp3) is 0.286. The third-order valence-corrected chi connectivity index (χ3v) is 1.42. The number of aliphatic hydroxyl groups is 1. The molecule has 0 aliphatic rings. The van der Waals surface area contributed by atoms with Crippen LogP contribution in [0.2, 0.25) is 0 Å². The number of hydrogen-bond donors (Lipinski definition) is 2. The van der Waals surface area contributed by atoms with Crippen molar-refractivity contribution in [3.05, 3.63) is 33.7 Å². The van der Waals surface area contributed by atoms with E-state index in [4.69, 9.17) is 5.11 Å². The number of aromatic amines is 1. The van der Waals surface area contributed by atoms with Crippen molar-refractivity contribution in [3.8, 4) is 0 Å². The number of H-pyrrole nitrogens is 1. The first-order valence-corrected chi connectivity index (χ1v) is 3.25. The SMILES string of the molecule is O=c1cc(C(F)F)[nH]cc1CO. The lowest BCUT2D eigenvalue weighted by Crippen LogP contribution is -2.10. The van der Waals surface area contributed by atoms with E-state index in [-0.39, 0.29) is 5.56 Å². The Morgan fingerprint density at radius 2 is 2.25 bits per heavy atom. The largest absolute Gasteiger partial charge is 0.391 e. The maximum atomic E-state index is 12.0. The van der Waals surface area contributed by atoms with Gasteiger partial charge in [-0.05, 0) is 0 Å². The fourth-order valence-electron chi connectivity index (χ4n) is 0.767. The molecule has 5 heteroatoms. The summed E-state index contributed by atoms with van der Waals surface area (Å²) in [7, 11) is 0. The molecule has 0 amide bonds. The minimum absolute atomic E-state index is 0.0828. The molecular formula is C7H7F2NO2. The number of nitrogens with one attached hydrogen (secondary N) is 1. The fourth-order valence-corrected chi connectivity index (χ4v) is 0.767. The quantitative estimate of drug-likeness (QED) is 0.698. The zero-order chi connectivity index (χ0) is 9.14. The molecule has 0 saturated heterocycles. The molecule has 0 unspecified atom stereocenters. The summed E-state index contributed by atoms with van der Waals surface area (Å²) >= 11 is 0. The van der Waals surface area contributed by atoms with E-state index in [9.17, 15) is 13.6 Å². The van der Waals surface area contributed by atoms with E-state index in [0.29, 0.717) is 0 Å². The van der Waals surface area contributed by atoms with E-state index >= 15 is 0 Å². The van der Waals surface area contributed by atoms with Crippen molar-refractivity contribution in [2.45, 2.75) is 13.0 Å². The smallest absolute Gasteiger partial charge is 0.278 e. The lowest BCUT2D eigenvalue weighted by atomic mass is 10.2. The van der Waals surface area contributed by atoms with Crippen LogP contribution in [0.5, 0.6) is 0 Å². The van der Waals surface area contributed by atoms with Gasteiger partial charge in [-0.1, -0.05) is 0 Å². The highest BCUT2D eigenvalue weighted by Crippen LogP contribution is 2.13. The number of hydrogen-bond acceptors (Lipinski definition) is 2. The van der Waals surface area contributed by atoms with Crippen LogP contribution in [-0.4, -0.2) is 10.1 Å². The number of aromatic nitrogens is 1. The Bertz CT molecular complexity index is 321. The van der Waals surface area contributed by atoms with Gasteiger partial charge in [0, 0.05) is 17.8 Å². The Kier molecular flexibility index (Phi) is 2.54. The molecule has 0 fully saturated rings. The van der Waals surface area contributed by atoms with Crippen LogP contribution in [-0.2, 0) is 6.61 Å². The molecule has 0 radical (unpaired) electrons. The predicted octanol–water partition coefficient (Wildman–Crippen LogP) is 0.805. The first-order valence-electron chi connectivity index (χ1n) is 3.25. The number of halogens is 2. The van der Waals surface area contributed by atoms with Gasteiger partial charge in [-0.15, -0.1) is 0 Å². The molecule has 0 bridgehead atoms. The van der Waals surface area contributed by atoms with Gasteiger partial charge in [0.1, 0.15) is 0 Å². The topological polar surface area (TPSA) is 53.1 Å². The number of pyridine rings is 1. The minimum atomic E-state index is -2.69. The summed E-state index contributed by atoms with van der Waals surface area (Å²) in [6.45, 7) is -0.446. The maximum absolute atomic E-state index is 12.0. The molecule has 1 aromatic heterocycles. The Morgan fingerprint density at radius 1 is 1.58 bits per heavy atom. The average Bonchev–Trinajstić information content (AvgIpc) is 2.04. The van der Waals surface area contributed by atoms with Gasteiger partial charge in [0.25, 0.3) is 6.43 Å². The molecule has 1 aromatic rings. The highest BCUT2D eigenvalue weighted by atomic mass is 19.3. The van der Waals surface area contributed by atoms with Gasteiger partial charge in [-0.25, -0.2) is 8.78 Å². The van der Waals surface area contributed by atoms with Crippen LogP contribution >= 0.6 is 0 Å². The summed E-state index contributed by atoms with van der Waals surface area (Å²) in [4.78, 5) is 13.1. The second kappa shape index (κ2) is 3.44. The van der Waals surface area contributed by atoms with Crippen LogP contribution in [0.4, 0.5) is 8.78 Å². The number of rotatable bonds is 2. The highest BCUT2D eigenvalue weighted by molar-refractivity contribution is 5.14. The molecule has 66 valence electrons. The van der Waals surface area contributed by atoms with Crippen LogP contribution in [0.15, 0.2) is 17.1 Å². The van der Waals surface area contributed by atoms with Crippen molar-refractivity contribution in [3.63, 3.8) is 0 Å². The van der Waals surface area contributed by atoms with Gasteiger partial charge in [0.05, 0.1) is 12.3 Å². The van der Waals surface area contributed by atoms with Gasteiger partial charge in [0.2, 0.25) is 0 Å². The molecule has 0 aliphatic carbocycles. The molecule has 1 heterocycles. The normalized spacial score (nSPS) is 10.7. The zero-order valence-corrected chi connectivity index (χ0v) is 6.05. The molecule has 0 aromatic carbocycles. The second-order valence-corrected chi connectivity index (χ2v) is 2.24. The Morgan fingerprint density at radius 3 is 2.67 bits per heavy atom. The van der Waals surface area contributed by atoms with Crippen LogP contribution in [0, 0.1) is 0 Å². The van der Waals surface area contributed by atoms with Crippen molar-refractivity contribution in [1.82, 2.24) is 4.98 Å². The van der Waals surface area contributed by atoms with Gasteiger partial charge in [0.15, 0.2) is 5.43 Å². The number of aliphatic hydroxyl groups excluding tert-OH is 1. The predicted molar refractivity (Wildman–Crippen MR) is 37.9 cm³/mol. The Balaban J connectivity index is 3.11. The molecule has 0 saturated carbocycles. The molecule has 1 rings (SSSR count). The van der Waals surface area contributed by atoms with E-state index in [1.165, 1.54) is 0 Å². The van der Waals surface area contributed by atoms with Crippen LogP contribution < -0.4 is 5.43 Å². The standard InChI is InChI=1S/C7H7F2NO2/c8-7(9)5-1-6(12)4(3-11)2-10-5/h1-2,7,11H,3H2,(H,10,12). The Hall–Kier alpha value is -1.23. The summed E-state index contributed by atoms with van der Waals surface area (Å²) in [5.74, 6) is 0. The monoisotopic (exact) mass is 175 g/mol. The van der Waals surface area contributed by atoms with Crippen molar-refractivity contribution >= 4 is 0 Å². The summed E-state index contributed by atoms with van der Waals surface area (Å²) in [6, 6.07) is 0.788. The molecule has 2 N–H and O–H groups in total. The van der Waals surface area contributed by atoms with E-state index in [1.807, 2.05) is 0 Å². The lowest BCUT2D eigenvalue weighted by Gasteiger charge is -1.99. The lowest BCUT2D eigenvalue weighted by molar-refractivity contribution is 0.145. The summed E-state index contributed by atoms with van der Waals surface area (Å²) < 4.78 is 23.9. The Labute approximate surface area is 66.7 Å². The van der Waals surface area contributed by atoms with Gasteiger partial charge >= 0.3 is 0 Å². The first kappa shape index (κ1) is 8.86. The van der Waals surface area contributed by atoms with E-state index in [2.05, 4.69) is 4.98 Å². The van der Waals surface area contributed by atoms with E-state index in [0.717, 1.165) is 12.3 Å². The summed E-state index contributed by atoms with van der Waals surface area (Å²) in [5, 5.41) is 8.54. The average molecular weight is 175 g/mol. The number of alkyl halides is 2. The summed E-state index contributed by atoms with van der Waals surface area (Å²) in [5.41, 5.74) is -0.928. The highest BCUT2D eigenvalue weighted by Gasteiger charge is 2.08. The second-order valence-electron chi connectivity index (χ2n) is 2.24. The van der Waals surface area contributed by atoms with Crippen molar-refractivity contribution in [1.29, 1.82) is 0 Å². The van der Waals surface area contributed by atoms with Crippen LogP contribution in [0.3, 0.4) is 0 Å². The minimum Gasteiger partial charge on any atom is -0.391 e. The van der Waals surface area contributed by atoms with Crippen molar-refractivity contribution < 1.29 is 13.9 Å². The third-order valence-electron chi connectivity index (χ3n) is 1.42. The molecule has 3 nitrogen and oxygen atoms in total. The molecule has 0 aliphatic heterocycles. The van der Waals surface area contributed by atoms with Gasteiger partial charge in [-0.2, -0.15) is 0 Å². The summed E-state index contributed by atoms with van der Waals surface area (Å²) in [6.07, 6.45) is -1.60. The molecule has 0 spiro atoms. The van der Waals surface area contributed by atoms with E-state index in [1.54, 1.807) is 0 Å². The van der Waals surface area contributed by atoms with Gasteiger partial charge < -0.3 is 10.1 Å². The molecular weight excluding hydrogens is 168 g/mol. The van der Waals surface area contributed by atoms with Gasteiger partial charge in [-0.3, -0.25) is 4.79 Å². The van der Waals surface area contributed by atoms with E-state index < -0.39 is 24.2 Å². The van der Waals surface area contributed by atoms with Crippen LogP contribution in [0.25, 0.3) is 0 Å².